The van der Waals surface area contributed by atoms with Crippen molar-refractivity contribution in [1.29, 1.82) is 10.5 Å². The van der Waals surface area contributed by atoms with Crippen LogP contribution in [0.1, 0.15) is 34.3 Å². The van der Waals surface area contributed by atoms with Gasteiger partial charge in [-0.25, -0.2) is 13.4 Å². The van der Waals surface area contributed by atoms with E-state index in [1.807, 2.05) is 43.3 Å². The van der Waals surface area contributed by atoms with Crippen LogP contribution in [-0.4, -0.2) is 41.7 Å². The lowest BCUT2D eigenvalue weighted by atomic mass is 10.2. The summed E-state index contributed by atoms with van der Waals surface area (Å²) in [5, 5.41) is 18.3. The van der Waals surface area contributed by atoms with E-state index in [2.05, 4.69) is 9.97 Å². The largest absolute Gasteiger partial charge is 0.279 e. The molecule has 192 valence electrons. The van der Waals surface area contributed by atoms with E-state index >= 15 is 0 Å². The molecule has 38 heavy (non-hydrogen) atoms. The Morgan fingerprint density at radius 2 is 1.74 bits per heavy atom. The van der Waals surface area contributed by atoms with Gasteiger partial charge in [-0.3, -0.25) is 14.7 Å². The van der Waals surface area contributed by atoms with Gasteiger partial charge in [-0.2, -0.15) is 14.8 Å². The molecule has 11 heteroatoms. The van der Waals surface area contributed by atoms with Gasteiger partial charge in [-0.05, 0) is 60.5 Å². The maximum atomic E-state index is 13.7. The molecule has 2 aromatic heterocycles. The van der Waals surface area contributed by atoms with Crippen molar-refractivity contribution in [3.63, 3.8) is 0 Å². The second-order valence-corrected chi connectivity index (χ2v) is 11.4. The van der Waals surface area contributed by atoms with Gasteiger partial charge in [0.05, 0.1) is 33.8 Å². The smallest absolute Gasteiger partial charge is 0.260 e. The van der Waals surface area contributed by atoms with Gasteiger partial charge in [-0.1, -0.05) is 23.5 Å². The van der Waals surface area contributed by atoms with Crippen LogP contribution >= 0.6 is 11.3 Å². The monoisotopic (exact) mass is 544 g/mol. The van der Waals surface area contributed by atoms with Gasteiger partial charge in [0, 0.05) is 43.9 Å². The maximum absolute atomic E-state index is 13.7. The first kappa shape index (κ1) is 26.9. The molecule has 0 aliphatic carbocycles. The minimum Gasteiger partial charge on any atom is -0.279 e. The number of pyridine rings is 1. The first-order valence-corrected chi connectivity index (χ1v) is 14.0. The predicted molar refractivity (Wildman–Crippen MR) is 145 cm³/mol. The Morgan fingerprint density at radius 1 is 1.03 bits per heavy atom. The Bertz CT molecular complexity index is 1600. The predicted octanol–water partition coefficient (Wildman–Crippen LogP) is 4.66. The number of rotatable bonds is 10. The Morgan fingerprint density at radius 3 is 2.37 bits per heavy atom. The van der Waals surface area contributed by atoms with E-state index in [9.17, 15) is 13.2 Å². The van der Waals surface area contributed by atoms with E-state index in [1.54, 1.807) is 23.4 Å². The molecule has 0 unspecified atom stereocenters. The number of sulfonamides is 1. The number of nitriles is 2. The van der Waals surface area contributed by atoms with E-state index < -0.39 is 10.0 Å². The van der Waals surface area contributed by atoms with Crippen LogP contribution in [0.25, 0.3) is 10.2 Å². The molecule has 0 saturated heterocycles. The highest BCUT2D eigenvalue weighted by Crippen LogP contribution is 2.31. The van der Waals surface area contributed by atoms with Crippen molar-refractivity contribution in [3.05, 3.63) is 83.7 Å². The molecule has 4 rings (SSSR count). The van der Waals surface area contributed by atoms with E-state index in [0.717, 1.165) is 25.6 Å². The van der Waals surface area contributed by atoms with Crippen molar-refractivity contribution < 1.29 is 13.2 Å². The number of aryl methyl sites for hydroxylation is 1. The number of carbonyl (C=O) groups is 1. The lowest BCUT2D eigenvalue weighted by Gasteiger charge is -2.21. The minimum atomic E-state index is -3.94. The number of amides is 1. The van der Waals surface area contributed by atoms with Crippen molar-refractivity contribution in [2.24, 2.45) is 0 Å². The average molecular weight is 545 g/mol. The summed E-state index contributed by atoms with van der Waals surface area (Å²) in [5.41, 5.74) is 2.99. The van der Waals surface area contributed by atoms with Crippen LogP contribution in [0.2, 0.25) is 0 Å². The van der Waals surface area contributed by atoms with Gasteiger partial charge >= 0.3 is 0 Å². The summed E-state index contributed by atoms with van der Waals surface area (Å²) in [6.07, 6.45) is 3.36. The third-order valence-corrected chi connectivity index (χ3v) is 8.71. The van der Waals surface area contributed by atoms with Gasteiger partial charge in [0.25, 0.3) is 5.91 Å². The number of hydrogen-bond acceptors (Lipinski definition) is 8. The fourth-order valence-electron chi connectivity index (χ4n) is 3.81. The van der Waals surface area contributed by atoms with Crippen LogP contribution < -0.4 is 4.90 Å². The number of fused-ring (bicyclic) bond motifs is 1. The van der Waals surface area contributed by atoms with Crippen molar-refractivity contribution in [2.45, 2.75) is 31.2 Å². The molecule has 0 radical (unpaired) electrons. The maximum Gasteiger partial charge on any atom is 0.260 e. The Hall–Kier alpha value is -4.16. The van der Waals surface area contributed by atoms with Crippen molar-refractivity contribution in [2.75, 3.05) is 18.0 Å². The van der Waals surface area contributed by atoms with Crippen LogP contribution in [0.5, 0.6) is 0 Å². The molecule has 2 aromatic carbocycles. The Balaban J connectivity index is 1.66. The summed E-state index contributed by atoms with van der Waals surface area (Å²) in [4.78, 5) is 24.1. The van der Waals surface area contributed by atoms with Gasteiger partial charge in [0.2, 0.25) is 10.0 Å². The summed E-state index contributed by atoms with van der Waals surface area (Å²) >= 11 is 1.41. The molecule has 0 aliphatic heterocycles. The SMILES string of the molecule is Cc1ccc2nc(N(Cc3cccnc3)C(=O)c3ccc(S(=O)(=O)N(CCC#N)CCC#N)cc3)sc2c1. The molecule has 0 aliphatic rings. The number of benzene rings is 2. The van der Waals surface area contributed by atoms with Crippen molar-refractivity contribution in [3.8, 4) is 12.1 Å². The van der Waals surface area contributed by atoms with Crippen LogP contribution in [0.4, 0.5) is 5.13 Å². The summed E-state index contributed by atoms with van der Waals surface area (Å²) in [6.45, 7) is 2.20. The molecule has 1 amide bonds. The minimum absolute atomic E-state index is 0.00617. The average Bonchev–Trinajstić information content (AvgIpc) is 3.35. The molecule has 9 nitrogen and oxygen atoms in total. The van der Waals surface area contributed by atoms with Crippen molar-refractivity contribution >= 4 is 42.6 Å². The first-order chi connectivity index (χ1) is 18.3. The molecule has 4 aromatic rings. The highest BCUT2D eigenvalue weighted by atomic mass is 32.2. The van der Waals surface area contributed by atoms with E-state index in [-0.39, 0.29) is 43.3 Å². The normalized spacial score (nSPS) is 11.3. The zero-order valence-corrected chi connectivity index (χ0v) is 22.2. The van der Waals surface area contributed by atoms with Gasteiger partial charge in [-0.15, -0.1) is 0 Å². The van der Waals surface area contributed by atoms with E-state index in [0.29, 0.717) is 10.7 Å². The fourth-order valence-corrected chi connectivity index (χ4v) is 6.31. The molecular formula is C27H24N6O3S2. The number of hydrogen-bond donors (Lipinski definition) is 0. The van der Waals surface area contributed by atoms with Crippen LogP contribution in [0.3, 0.4) is 0 Å². The number of thiazole rings is 1. The molecule has 0 saturated carbocycles. The van der Waals surface area contributed by atoms with Gasteiger partial charge in [0.15, 0.2) is 5.13 Å². The third kappa shape index (κ3) is 6.03. The Kier molecular flexibility index (Phi) is 8.44. The van der Waals surface area contributed by atoms with E-state index in [4.69, 9.17) is 10.5 Å². The third-order valence-electron chi connectivity index (χ3n) is 5.76. The van der Waals surface area contributed by atoms with Crippen LogP contribution in [-0.2, 0) is 16.6 Å². The lowest BCUT2D eigenvalue weighted by molar-refractivity contribution is 0.0985. The van der Waals surface area contributed by atoms with Crippen molar-refractivity contribution in [1.82, 2.24) is 14.3 Å². The molecule has 0 fully saturated rings. The number of carbonyl (C=O) groups excluding carboxylic acids is 1. The summed E-state index contributed by atoms with van der Waals surface area (Å²) in [7, 11) is -3.94. The second kappa shape index (κ2) is 11.9. The number of anilines is 1. The summed E-state index contributed by atoms with van der Waals surface area (Å²) in [6, 6.07) is 19.1. The fraction of sp³-hybridized carbons (Fsp3) is 0.222. The number of nitrogens with zero attached hydrogens (tertiary/aromatic N) is 6. The Labute approximate surface area is 225 Å². The molecule has 0 atom stereocenters. The zero-order chi connectivity index (χ0) is 27.1. The standard InChI is InChI=1S/C27H24N6O3S2/c1-20-6-11-24-25(17-20)37-27(31-24)33(19-21-5-2-14-30-18-21)26(34)22-7-9-23(10-8-22)38(35,36)32(15-3-12-28)16-4-13-29/h2,5-11,14,17-18H,3-4,15-16,19H2,1H3. The highest BCUT2D eigenvalue weighted by molar-refractivity contribution is 7.89. The first-order valence-electron chi connectivity index (χ1n) is 11.8. The molecule has 0 bridgehead atoms. The molecule has 2 heterocycles. The summed E-state index contributed by atoms with van der Waals surface area (Å²) < 4.78 is 28.4. The quantitative estimate of drug-likeness (QED) is 0.284. The zero-order valence-electron chi connectivity index (χ0n) is 20.6. The molecule has 0 N–H and O–H groups in total. The summed E-state index contributed by atoms with van der Waals surface area (Å²) in [5.74, 6) is -0.334. The highest BCUT2D eigenvalue weighted by Gasteiger charge is 2.26. The van der Waals surface area contributed by atoms with Gasteiger partial charge in [0.1, 0.15) is 0 Å². The molecule has 0 spiro atoms. The van der Waals surface area contributed by atoms with Crippen LogP contribution in [0.15, 0.2) is 71.9 Å². The second-order valence-electron chi connectivity index (χ2n) is 8.46. The molecular weight excluding hydrogens is 520 g/mol. The van der Waals surface area contributed by atoms with Crippen LogP contribution in [0, 0.1) is 29.6 Å². The lowest BCUT2D eigenvalue weighted by Crippen LogP contribution is -2.33. The topological polar surface area (TPSA) is 131 Å². The van der Waals surface area contributed by atoms with Gasteiger partial charge < -0.3 is 0 Å². The number of aromatic nitrogens is 2. The van der Waals surface area contributed by atoms with E-state index in [1.165, 1.54) is 35.6 Å².